The van der Waals surface area contributed by atoms with E-state index in [0.717, 1.165) is 40.3 Å². The zero-order chi connectivity index (χ0) is 14.5. The lowest BCUT2D eigenvalue weighted by molar-refractivity contribution is 0.415. The lowest BCUT2D eigenvalue weighted by Gasteiger charge is -2.11. The van der Waals surface area contributed by atoms with Crippen LogP contribution in [0.4, 0.5) is 5.82 Å². The van der Waals surface area contributed by atoms with E-state index in [-0.39, 0.29) is 0 Å². The molecule has 0 amide bonds. The van der Waals surface area contributed by atoms with Crippen LogP contribution >= 0.6 is 15.9 Å². The summed E-state index contributed by atoms with van der Waals surface area (Å²) in [5.74, 6) is 2.33. The van der Waals surface area contributed by atoms with Crippen LogP contribution in [-0.2, 0) is 0 Å². The number of rotatable bonds is 5. The zero-order valence-corrected chi connectivity index (χ0v) is 13.5. The van der Waals surface area contributed by atoms with Gasteiger partial charge in [-0.15, -0.1) is 0 Å². The fourth-order valence-corrected chi connectivity index (χ4v) is 2.13. The highest BCUT2D eigenvalue weighted by atomic mass is 79.9. The van der Waals surface area contributed by atoms with Gasteiger partial charge in [-0.1, -0.05) is 19.1 Å². The monoisotopic (exact) mass is 335 g/mol. The van der Waals surface area contributed by atoms with Crippen LogP contribution in [0.5, 0.6) is 5.75 Å². The van der Waals surface area contributed by atoms with Crippen molar-refractivity contribution in [3.8, 4) is 17.1 Å². The standard InChI is InChI=1S/C15H18BrN3O/c1-4-8-17-15-13(16)10(2)18-14(19-15)11-6-5-7-12(9-11)20-3/h5-7,9H,4,8H2,1-3H3,(H,17,18,19). The van der Waals surface area contributed by atoms with Gasteiger partial charge in [0, 0.05) is 12.1 Å². The summed E-state index contributed by atoms with van der Waals surface area (Å²) >= 11 is 3.53. The van der Waals surface area contributed by atoms with Crippen LogP contribution in [0.2, 0.25) is 0 Å². The molecule has 0 aliphatic heterocycles. The lowest BCUT2D eigenvalue weighted by Crippen LogP contribution is -2.06. The van der Waals surface area contributed by atoms with Gasteiger partial charge in [0.25, 0.3) is 0 Å². The summed E-state index contributed by atoms with van der Waals surface area (Å²) < 4.78 is 6.16. The number of nitrogens with one attached hydrogen (secondary N) is 1. The normalized spacial score (nSPS) is 10.4. The van der Waals surface area contributed by atoms with Gasteiger partial charge in [0.15, 0.2) is 5.82 Å². The van der Waals surface area contributed by atoms with Crippen LogP contribution < -0.4 is 10.1 Å². The van der Waals surface area contributed by atoms with Crippen molar-refractivity contribution in [2.45, 2.75) is 20.3 Å². The molecule has 0 bridgehead atoms. The van der Waals surface area contributed by atoms with E-state index < -0.39 is 0 Å². The smallest absolute Gasteiger partial charge is 0.161 e. The molecule has 0 aliphatic carbocycles. The van der Waals surface area contributed by atoms with E-state index in [0.29, 0.717) is 5.82 Å². The van der Waals surface area contributed by atoms with Gasteiger partial charge in [-0.3, -0.25) is 0 Å². The summed E-state index contributed by atoms with van der Waals surface area (Å²) in [5.41, 5.74) is 1.86. The molecule has 1 heterocycles. The molecule has 0 saturated heterocycles. The van der Waals surface area contributed by atoms with Crippen molar-refractivity contribution >= 4 is 21.7 Å². The second-order valence-corrected chi connectivity index (χ2v) is 5.25. The molecule has 1 aromatic carbocycles. The van der Waals surface area contributed by atoms with Crippen LogP contribution in [-0.4, -0.2) is 23.6 Å². The van der Waals surface area contributed by atoms with Crippen LogP contribution in [0.3, 0.4) is 0 Å². The van der Waals surface area contributed by atoms with E-state index in [4.69, 9.17) is 4.74 Å². The molecule has 5 heteroatoms. The maximum atomic E-state index is 5.24. The molecule has 20 heavy (non-hydrogen) atoms. The highest BCUT2D eigenvalue weighted by molar-refractivity contribution is 9.10. The summed E-state index contributed by atoms with van der Waals surface area (Å²) in [5, 5.41) is 3.31. The molecular formula is C15H18BrN3O. The SMILES string of the molecule is CCCNc1nc(-c2cccc(OC)c2)nc(C)c1Br. The molecule has 4 nitrogen and oxygen atoms in total. The number of benzene rings is 1. The highest BCUT2D eigenvalue weighted by Gasteiger charge is 2.11. The van der Waals surface area contributed by atoms with E-state index in [1.54, 1.807) is 7.11 Å². The van der Waals surface area contributed by atoms with Crippen molar-refractivity contribution in [1.82, 2.24) is 9.97 Å². The average molecular weight is 336 g/mol. The van der Waals surface area contributed by atoms with E-state index in [1.165, 1.54) is 0 Å². The molecule has 0 unspecified atom stereocenters. The molecule has 1 aromatic heterocycles. The number of hydrogen-bond acceptors (Lipinski definition) is 4. The first-order valence-electron chi connectivity index (χ1n) is 6.58. The van der Waals surface area contributed by atoms with Crippen LogP contribution in [0.25, 0.3) is 11.4 Å². The second-order valence-electron chi connectivity index (χ2n) is 4.45. The van der Waals surface area contributed by atoms with Gasteiger partial charge >= 0.3 is 0 Å². The minimum absolute atomic E-state index is 0.697. The van der Waals surface area contributed by atoms with Crippen LogP contribution in [0.15, 0.2) is 28.7 Å². The van der Waals surface area contributed by atoms with Gasteiger partial charge in [-0.05, 0) is 41.4 Å². The van der Waals surface area contributed by atoms with Crippen LogP contribution in [0.1, 0.15) is 19.0 Å². The van der Waals surface area contributed by atoms with Gasteiger partial charge in [-0.25, -0.2) is 9.97 Å². The first-order valence-corrected chi connectivity index (χ1v) is 7.37. The van der Waals surface area contributed by atoms with E-state index in [9.17, 15) is 0 Å². The quantitative estimate of drug-likeness (QED) is 0.895. The molecule has 106 valence electrons. The third-order valence-electron chi connectivity index (χ3n) is 2.89. The molecule has 1 N–H and O–H groups in total. The molecule has 2 aromatic rings. The number of methoxy groups -OCH3 is 1. The van der Waals surface area contributed by atoms with Crippen LogP contribution in [0, 0.1) is 6.92 Å². The Morgan fingerprint density at radius 3 is 2.80 bits per heavy atom. The number of halogens is 1. The first-order chi connectivity index (χ1) is 9.65. The Bertz CT molecular complexity index is 602. The maximum Gasteiger partial charge on any atom is 0.161 e. The average Bonchev–Trinajstić information content (AvgIpc) is 2.48. The van der Waals surface area contributed by atoms with Crippen molar-refractivity contribution < 1.29 is 4.74 Å². The van der Waals surface area contributed by atoms with Gasteiger partial charge in [-0.2, -0.15) is 0 Å². The fraction of sp³-hybridized carbons (Fsp3) is 0.333. The van der Waals surface area contributed by atoms with Crippen molar-refractivity contribution in [2.75, 3.05) is 19.0 Å². The number of nitrogens with zero attached hydrogens (tertiary/aromatic N) is 2. The predicted molar refractivity (Wildman–Crippen MR) is 85.2 cm³/mol. The number of aromatic nitrogens is 2. The van der Waals surface area contributed by atoms with Gasteiger partial charge in [0.1, 0.15) is 11.6 Å². The third-order valence-corrected chi connectivity index (χ3v) is 3.84. The van der Waals surface area contributed by atoms with E-state index in [1.807, 2.05) is 31.2 Å². The number of ether oxygens (including phenoxy) is 1. The Balaban J connectivity index is 2.43. The Kier molecular flexibility index (Phi) is 4.95. The van der Waals surface area contributed by atoms with Gasteiger partial charge in [0.05, 0.1) is 17.3 Å². The zero-order valence-electron chi connectivity index (χ0n) is 11.9. The third kappa shape index (κ3) is 3.28. The Labute approximate surface area is 127 Å². The Morgan fingerprint density at radius 1 is 1.30 bits per heavy atom. The lowest BCUT2D eigenvalue weighted by atomic mass is 10.2. The number of anilines is 1. The number of aryl methyl sites for hydroxylation is 1. The molecule has 0 atom stereocenters. The van der Waals surface area contributed by atoms with Crippen molar-refractivity contribution in [2.24, 2.45) is 0 Å². The molecule has 0 radical (unpaired) electrons. The molecule has 0 spiro atoms. The van der Waals surface area contributed by atoms with Gasteiger partial charge < -0.3 is 10.1 Å². The number of hydrogen-bond donors (Lipinski definition) is 1. The van der Waals surface area contributed by atoms with Gasteiger partial charge in [0.2, 0.25) is 0 Å². The molecule has 0 aliphatic rings. The summed E-state index contributed by atoms with van der Waals surface area (Å²) in [4.78, 5) is 9.13. The Hall–Kier alpha value is -1.62. The van der Waals surface area contributed by atoms with E-state index >= 15 is 0 Å². The second kappa shape index (κ2) is 6.70. The van der Waals surface area contributed by atoms with E-state index in [2.05, 4.69) is 38.1 Å². The fourth-order valence-electron chi connectivity index (χ4n) is 1.81. The molecular weight excluding hydrogens is 318 g/mol. The van der Waals surface area contributed by atoms with Crippen molar-refractivity contribution in [1.29, 1.82) is 0 Å². The molecule has 0 fully saturated rings. The van der Waals surface area contributed by atoms with Crippen molar-refractivity contribution in [3.05, 3.63) is 34.4 Å². The summed E-state index contributed by atoms with van der Waals surface area (Å²) in [6.07, 6.45) is 1.05. The maximum absolute atomic E-state index is 5.24. The van der Waals surface area contributed by atoms with Crippen molar-refractivity contribution in [3.63, 3.8) is 0 Å². The molecule has 0 saturated carbocycles. The highest BCUT2D eigenvalue weighted by Crippen LogP contribution is 2.28. The summed E-state index contributed by atoms with van der Waals surface area (Å²) in [7, 11) is 1.65. The topological polar surface area (TPSA) is 47.0 Å². The first kappa shape index (κ1) is 14.8. The minimum atomic E-state index is 0.697. The predicted octanol–water partition coefficient (Wildman–Crippen LogP) is 4.05. The summed E-state index contributed by atoms with van der Waals surface area (Å²) in [6.45, 7) is 4.97. The minimum Gasteiger partial charge on any atom is -0.497 e. The molecule has 2 rings (SSSR count). The largest absolute Gasteiger partial charge is 0.497 e. The summed E-state index contributed by atoms with van der Waals surface area (Å²) in [6, 6.07) is 7.76. The Morgan fingerprint density at radius 2 is 2.10 bits per heavy atom.